The zero-order chi connectivity index (χ0) is 15.1. The second-order valence-electron chi connectivity index (χ2n) is 5.06. The first kappa shape index (κ1) is 15.3. The molecular formula is C17H21NO3. The second kappa shape index (κ2) is 7.62. The minimum absolute atomic E-state index is 0.0704. The summed E-state index contributed by atoms with van der Waals surface area (Å²) in [6, 6.07) is 7.33. The van der Waals surface area contributed by atoms with Crippen LogP contribution in [0.3, 0.4) is 0 Å². The van der Waals surface area contributed by atoms with E-state index in [1.54, 1.807) is 13.0 Å². The minimum atomic E-state index is -0.370. The van der Waals surface area contributed by atoms with Crippen molar-refractivity contribution in [2.45, 2.75) is 26.2 Å². The highest BCUT2D eigenvalue weighted by atomic mass is 16.5. The smallest absolute Gasteiger partial charge is 0.330 e. The fourth-order valence-corrected chi connectivity index (χ4v) is 2.41. The summed E-state index contributed by atoms with van der Waals surface area (Å²) in [7, 11) is 0. The van der Waals surface area contributed by atoms with Crippen molar-refractivity contribution < 1.29 is 14.3 Å². The number of carbonyl (C=O) groups excluding carboxylic acids is 2. The van der Waals surface area contributed by atoms with E-state index in [0.717, 1.165) is 31.5 Å². The number of amides is 1. The molecule has 0 aliphatic carbocycles. The summed E-state index contributed by atoms with van der Waals surface area (Å²) in [4.78, 5) is 25.6. The summed E-state index contributed by atoms with van der Waals surface area (Å²) in [5, 5.41) is 0. The van der Waals surface area contributed by atoms with E-state index in [0.29, 0.717) is 12.2 Å². The van der Waals surface area contributed by atoms with Crippen LogP contribution in [0.4, 0.5) is 0 Å². The standard InChI is InChI=1S/C17H21NO3/c1-2-21-16(19)10-9-14-7-6-8-15(13-14)17(20)18-11-4-3-5-12-18/h6-10,13H,2-5,11-12H2,1H3. The van der Waals surface area contributed by atoms with Gasteiger partial charge in [0, 0.05) is 24.7 Å². The molecule has 1 heterocycles. The summed E-state index contributed by atoms with van der Waals surface area (Å²) < 4.78 is 4.84. The van der Waals surface area contributed by atoms with Gasteiger partial charge in [-0.05, 0) is 50.0 Å². The molecule has 0 saturated carbocycles. The van der Waals surface area contributed by atoms with Crippen molar-refractivity contribution in [3.8, 4) is 0 Å². The lowest BCUT2D eigenvalue weighted by molar-refractivity contribution is -0.137. The maximum Gasteiger partial charge on any atom is 0.330 e. The van der Waals surface area contributed by atoms with Gasteiger partial charge in [-0.3, -0.25) is 4.79 Å². The SMILES string of the molecule is CCOC(=O)C=Cc1cccc(C(=O)N2CCCCC2)c1. The van der Waals surface area contributed by atoms with E-state index in [1.165, 1.54) is 12.5 Å². The molecule has 2 rings (SSSR count). The second-order valence-corrected chi connectivity index (χ2v) is 5.06. The molecule has 4 nitrogen and oxygen atoms in total. The largest absolute Gasteiger partial charge is 0.463 e. The molecule has 0 aromatic heterocycles. The van der Waals surface area contributed by atoms with Gasteiger partial charge in [0.2, 0.25) is 0 Å². The van der Waals surface area contributed by atoms with Crippen LogP contribution in [0.25, 0.3) is 6.08 Å². The molecule has 0 bridgehead atoms. The molecule has 0 unspecified atom stereocenters. The third kappa shape index (κ3) is 4.45. The summed E-state index contributed by atoms with van der Waals surface area (Å²) >= 11 is 0. The first-order chi connectivity index (χ1) is 10.2. The van der Waals surface area contributed by atoms with Crippen molar-refractivity contribution >= 4 is 18.0 Å². The Morgan fingerprint density at radius 1 is 1.24 bits per heavy atom. The van der Waals surface area contributed by atoms with Gasteiger partial charge in [-0.15, -0.1) is 0 Å². The minimum Gasteiger partial charge on any atom is -0.463 e. The fraction of sp³-hybridized carbons (Fsp3) is 0.412. The van der Waals surface area contributed by atoms with E-state index in [2.05, 4.69) is 0 Å². The summed E-state index contributed by atoms with van der Waals surface area (Å²) in [5.74, 6) is -0.300. The highest BCUT2D eigenvalue weighted by Gasteiger charge is 2.17. The molecule has 1 saturated heterocycles. The first-order valence-corrected chi connectivity index (χ1v) is 7.45. The van der Waals surface area contributed by atoms with Crippen LogP contribution < -0.4 is 0 Å². The number of hydrogen-bond donors (Lipinski definition) is 0. The van der Waals surface area contributed by atoms with Crippen molar-refractivity contribution in [2.75, 3.05) is 19.7 Å². The third-order valence-electron chi connectivity index (χ3n) is 3.48. The molecular weight excluding hydrogens is 266 g/mol. The van der Waals surface area contributed by atoms with Crippen molar-refractivity contribution in [1.29, 1.82) is 0 Å². The molecule has 4 heteroatoms. The van der Waals surface area contributed by atoms with Crippen LogP contribution >= 0.6 is 0 Å². The molecule has 1 aliphatic heterocycles. The number of nitrogens with zero attached hydrogens (tertiary/aromatic N) is 1. The van der Waals surface area contributed by atoms with Crippen LogP contribution in [0.15, 0.2) is 30.3 Å². The van der Waals surface area contributed by atoms with Gasteiger partial charge in [-0.2, -0.15) is 0 Å². The highest BCUT2D eigenvalue weighted by Crippen LogP contribution is 2.15. The van der Waals surface area contributed by atoms with Crippen LogP contribution in [0.2, 0.25) is 0 Å². The van der Waals surface area contributed by atoms with Crippen molar-refractivity contribution in [3.05, 3.63) is 41.5 Å². The topological polar surface area (TPSA) is 46.6 Å². The normalized spacial score (nSPS) is 15.2. The van der Waals surface area contributed by atoms with Crippen molar-refractivity contribution in [2.24, 2.45) is 0 Å². The molecule has 0 N–H and O–H groups in total. The zero-order valence-corrected chi connectivity index (χ0v) is 12.4. The van der Waals surface area contributed by atoms with Gasteiger partial charge in [0.1, 0.15) is 0 Å². The predicted octanol–water partition coefficient (Wildman–Crippen LogP) is 2.89. The quantitative estimate of drug-likeness (QED) is 0.632. The molecule has 1 fully saturated rings. The number of benzene rings is 1. The van der Waals surface area contributed by atoms with E-state index in [1.807, 2.05) is 29.2 Å². The Hall–Kier alpha value is -2.10. The zero-order valence-electron chi connectivity index (χ0n) is 12.4. The van der Waals surface area contributed by atoms with Crippen molar-refractivity contribution in [3.63, 3.8) is 0 Å². The molecule has 1 aliphatic rings. The van der Waals surface area contributed by atoms with Crippen LogP contribution in [-0.2, 0) is 9.53 Å². The molecule has 21 heavy (non-hydrogen) atoms. The number of hydrogen-bond acceptors (Lipinski definition) is 3. The van der Waals surface area contributed by atoms with E-state index >= 15 is 0 Å². The van der Waals surface area contributed by atoms with E-state index in [9.17, 15) is 9.59 Å². The number of ether oxygens (including phenoxy) is 1. The maximum absolute atomic E-state index is 12.4. The summed E-state index contributed by atoms with van der Waals surface area (Å²) in [6.45, 7) is 3.80. The highest BCUT2D eigenvalue weighted by molar-refractivity contribution is 5.95. The van der Waals surface area contributed by atoms with E-state index in [-0.39, 0.29) is 11.9 Å². The van der Waals surface area contributed by atoms with Crippen LogP contribution in [0, 0.1) is 0 Å². The van der Waals surface area contributed by atoms with Gasteiger partial charge < -0.3 is 9.64 Å². The monoisotopic (exact) mass is 287 g/mol. The van der Waals surface area contributed by atoms with Gasteiger partial charge in [-0.25, -0.2) is 4.79 Å². The number of piperidine rings is 1. The van der Waals surface area contributed by atoms with Crippen LogP contribution in [0.5, 0.6) is 0 Å². The molecule has 112 valence electrons. The molecule has 1 amide bonds. The van der Waals surface area contributed by atoms with Gasteiger partial charge in [-0.1, -0.05) is 12.1 Å². The average molecular weight is 287 g/mol. The Bertz CT molecular complexity index is 531. The van der Waals surface area contributed by atoms with E-state index in [4.69, 9.17) is 4.74 Å². The van der Waals surface area contributed by atoms with Gasteiger partial charge >= 0.3 is 5.97 Å². The molecule has 1 aromatic rings. The molecule has 0 atom stereocenters. The number of rotatable bonds is 4. The van der Waals surface area contributed by atoms with Gasteiger partial charge in [0.25, 0.3) is 5.91 Å². The third-order valence-corrected chi connectivity index (χ3v) is 3.48. The Labute approximate surface area is 125 Å². The Morgan fingerprint density at radius 3 is 2.71 bits per heavy atom. The Balaban J connectivity index is 2.06. The molecule has 0 radical (unpaired) electrons. The fourth-order valence-electron chi connectivity index (χ4n) is 2.41. The van der Waals surface area contributed by atoms with Crippen LogP contribution in [-0.4, -0.2) is 36.5 Å². The lowest BCUT2D eigenvalue weighted by Crippen LogP contribution is -2.35. The number of carbonyl (C=O) groups is 2. The van der Waals surface area contributed by atoms with Gasteiger partial charge in [0.05, 0.1) is 6.61 Å². The van der Waals surface area contributed by atoms with Gasteiger partial charge in [0.15, 0.2) is 0 Å². The van der Waals surface area contributed by atoms with Crippen molar-refractivity contribution in [1.82, 2.24) is 4.90 Å². The number of esters is 1. The maximum atomic E-state index is 12.4. The lowest BCUT2D eigenvalue weighted by atomic mass is 10.1. The average Bonchev–Trinajstić information content (AvgIpc) is 2.54. The summed E-state index contributed by atoms with van der Waals surface area (Å²) in [6.07, 6.45) is 6.41. The summed E-state index contributed by atoms with van der Waals surface area (Å²) in [5.41, 5.74) is 1.49. The predicted molar refractivity (Wildman–Crippen MR) is 81.9 cm³/mol. The van der Waals surface area contributed by atoms with Crippen LogP contribution in [0.1, 0.15) is 42.1 Å². The molecule has 1 aromatic carbocycles. The number of likely N-dealkylation sites (tertiary alicyclic amines) is 1. The Morgan fingerprint density at radius 2 is 2.00 bits per heavy atom. The lowest BCUT2D eigenvalue weighted by Gasteiger charge is -2.26. The Kier molecular flexibility index (Phi) is 5.55. The first-order valence-electron chi connectivity index (χ1n) is 7.45. The van der Waals surface area contributed by atoms with E-state index < -0.39 is 0 Å². The molecule has 0 spiro atoms.